The zero-order valence-electron chi connectivity index (χ0n) is 18.2. The Hall–Kier alpha value is -2.87. The number of nitrogens with zero attached hydrogens (tertiary/aromatic N) is 1. The number of esters is 2. The van der Waals surface area contributed by atoms with Crippen molar-refractivity contribution < 1.29 is 29.0 Å². The van der Waals surface area contributed by atoms with Crippen molar-refractivity contribution in [1.29, 1.82) is 0 Å². The van der Waals surface area contributed by atoms with Crippen molar-refractivity contribution in [2.75, 3.05) is 20.2 Å². The standard InChI is InChI=1S/C23H30N2O6/c1-4-23(13-19(21(28)30-3)31-15(2)26)20(27)10-12-25(22(23)29)11-9-16-14-24-18-8-6-5-7-17(16)18/h5-8,14,19-20,24,27H,4,9-13H2,1-3H3/t19-,20-,23+/m0/s1. The van der Waals surface area contributed by atoms with Gasteiger partial charge in [0.2, 0.25) is 5.91 Å². The van der Waals surface area contributed by atoms with Gasteiger partial charge in [-0.3, -0.25) is 9.59 Å². The molecule has 1 fully saturated rings. The number of hydrogen-bond donors (Lipinski definition) is 2. The van der Waals surface area contributed by atoms with Crippen LogP contribution in [0, 0.1) is 5.41 Å². The van der Waals surface area contributed by atoms with Crippen molar-refractivity contribution in [1.82, 2.24) is 9.88 Å². The molecular weight excluding hydrogens is 400 g/mol. The summed E-state index contributed by atoms with van der Waals surface area (Å²) in [5.74, 6) is -1.61. The van der Waals surface area contributed by atoms with Crippen LogP contribution in [-0.2, 0) is 30.3 Å². The molecule has 1 amide bonds. The first kappa shape index (κ1) is 22.8. The second kappa shape index (κ2) is 9.51. The number of H-pyrrole nitrogens is 1. The highest BCUT2D eigenvalue weighted by Crippen LogP contribution is 2.40. The fourth-order valence-corrected chi connectivity index (χ4v) is 4.51. The number of rotatable bonds is 8. The molecule has 0 spiro atoms. The third kappa shape index (κ3) is 4.58. The van der Waals surface area contributed by atoms with E-state index in [0.717, 1.165) is 16.5 Å². The smallest absolute Gasteiger partial charge is 0.347 e. The molecule has 2 aromatic rings. The van der Waals surface area contributed by atoms with E-state index in [1.54, 1.807) is 11.8 Å². The molecule has 0 aliphatic carbocycles. The van der Waals surface area contributed by atoms with Crippen molar-refractivity contribution in [2.24, 2.45) is 5.41 Å². The number of methoxy groups -OCH3 is 1. The van der Waals surface area contributed by atoms with Gasteiger partial charge >= 0.3 is 11.9 Å². The molecule has 0 bridgehead atoms. The number of carbonyl (C=O) groups excluding carboxylic acids is 3. The topological polar surface area (TPSA) is 109 Å². The van der Waals surface area contributed by atoms with E-state index in [0.29, 0.717) is 32.4 Å². The van der Waals surface area contributed by atoms with Crippen LogP contribution >= 0.6 is 0 Å². The van der Waals surface area contributed by atoms with E-state index in [4.69, 9.17) is 9.47 Å². The molecule has 1 aromatic heterocycles. The van der Waals surface area contributed by atoms with Gasteiger partial charge in [0.1, 0.15) is 0 Å². The molecule has 8 heteroatoms. The van der Waals surface area contributed by atoms with Gasteiger partial charge in [0, 0.05) is 43.5 Å². The zero-order valence-corrected chi connectivity index (χ0v) is 18.2. The number of aromatic amines is 1. The number of aromatic nitrogens is 1. The Morgan fingerprint density at radius 3 is 2.77 bits per heavy atom. The molecular formula is C23H30N2O6. The lowest BCUT2D eigenvalue weighted by Crippen LogP contribution is -2.58. The molecule has 0 unspecified atom stereocenters. The second-order valence-electron chi connectivity index (χ2n) is 8.04. The molecule has 2 N–H and O–H groups in total. The molecule has 8 nitrogen and oxygen atoms in total. The number of benzene rings is 1. The molecule has 3 atom stereocenters. The van der Waals surface area contributed by atoms with Crippen LogP contribution in [0.1, 0.15) is 38.7 Å². The van der Waals surface area contributed by atoms with Gasteiger partial charge in [0.15, 0.2) is 6.10 Å². The van der Waals surface area contributed by atoms with Crippen LogP contribution in [0.4, 0.5) is 0 Å². The van der Waals surface area contributed by atoms with E-state index in [-0.39, 0.29) is 12.3 Å². The number of amides is 1. The Balaban J connectivity index is 1.79. The van der Waals surface area contributed by atoms with E-state index in [1.807, 2.05) is 30.5 Å². The summed E-state index contributed by atoms with van der Waals surface area (Å²) in [6, 6.07) is 7.99. The van der Waals surface area contributed by atoms with Crippen molar-refractivity contribution in [3.63, 3.8) is 0 Å². The molecule has 1 aliphatic heterocycles. The first-order chi connectivity index (χ1) is 14.8. The zero-order chi connectivity index (χ0) is 22.6. The van der Waals surface area contributed by atoms with E-state index < -0.39 is 29.6 Å². The van der Waals surface area contributed by atoms with Crippen molar-refractivity contribution in [3.8, 4) is 0 Å². The maximum Gasteiger partial charge on any atom is 0.347 e. The molecule has 0 saturated carbocycles. The van der Waals surface area contributed by atoms with Crippen molar-refractivity contribution in [3.05, 3.63) is 36.0 Å². The quantitative estimate of drug-likeness (QED) is 0.622. The summed E-state index contributed by atoms with van der Waals surface area (Å²) in [6.45, 7) is 3.92. The lowest BCUT2D eigenvalue weighted by Gasteiger charge is -2.45. The Kier molecular flexibility index (Phi) is 7.00. The van der Waals surface area contributed by atoms with E-state index in [2.05, 4.69) is 4.98 Å². The second-order valence-corrected chi connectivity index (χ2v) is 8.04. The number of piperidine rings is 1. The van der Waals surface area contributed by atoms with E-state index >= 15 is 0 Å². The Labute approximate surface area is 181 Å². The van der Waals surface area contributed by atoms with Crippen LogP contribution in [0.5, 0.6) is 0 Å². The normalized spacial score (nSPS) is 22.4. The van der Waals surface area contributed by atoms with Gasteiger partial charge in [-0.1, -0.05) is 25.1 Å². The summed E-state index contributed by atoms with van der Waals surface area (Å²) in [5.41, 5.74) is 0.944. The summed E-state index contributed by atoms with van der Waals surface area (Å²) < 4.78 is 9.88. The number of aliphatic hydroxyl groups excluding tert-OH is 1. The van der Waals surface area contributed by atoms with Gasteiger partial charge in [0.05, 0.1) is 18.6 Å². The van der Waals surface area contributed by atoms with Crippen LogP contribution in [0.25, 0.3) is 10.9 Å². The fourth-order valence-electron chi connectivity index (χ4n) is 4.51. The van der Waals surface area contributed by atoms with Gasteiger partial charge in [-0.25, -0.2) is 4.79 Å². The molecule has 3 rings (SSSR count). The predicted octanol–water partition coefficient (Wildman–Crippen LogP) is 2.19. The third-order valence-electron chi connectivity index (χ3n) is 6.30. The largest absolute Gasteiger partial charge is 0.466 e. The fraction of sp³-hybridized carbons (Fsp3) is 0.522. The SMILES string of the molecule is CC[C@]1(C[C@H](OC(C)=O)C(=O)OC)C(=O)N(CCc2c[nH]c3ccccc23)CC[C@@H]1O. The van der Waals surface area contributed by atoms with Crippen molar-refractivity contribution in [2.45, 2.75) is 51.7 Å². The minimum atomic E-state index is -1.24. The van der Waals surface area contributed by atoms with Crippen LogP contribution < -0.4 is 0 Å². The van der Waals surface area contributed by atoms with Gasteiger partial charge in [0.25, 0.3) is 0 Å². The summed E-state index contributed by atoms with van der Waals surface area (Å²) in [5, 5.41) is 11.9. The maximum atomic E-state index is 13.5. The molecule has 168 valence electrons. The number of likely N-dealkylation sites (tertiary alicyclic amines) is 1. The Morgan fingerprint density at radius 1 is 1.35 bits per heavy atom. The highest BCUT2D eigenvalue weighted by molar-refractivity contribution is 5.87. The van der Waals surface area contributed by atoms with Crippen molar-refractivity contribution >= 4 is 28.7 Å². The first-order valence-electron chi connectivity index (χ1n) is 10.6. The summed E-state index contributed by atoms with van der Waals surface area (Å²) in [4.78, 5) is 42.1. The molecule has 1 aromatic carbocycles. The number of carbonyl (C=O) groups is 3. The van der Waals surface area contributed by atoms with Gasteiger partial charge < -0.3 is 24.5 Å². The monoisotopic (exact) mass is 430 g/mol. The number of hydrogen-bond acceptors (Lipinski definition) is 6. The average molecular weight is 431 g/mol. The third-order valence-corrected chi connectivity index (χ3v) is 6.30. The average Bonchev–Trinajstić information content (AvgIpc) is 3.17. The van der Waals surface area contributed by atoms with Gasteiger partial charge in [-0.15, -0.1) is 0 Å². The molecule has 2 heterocycles. The Morgan fingerprint density at radius 2 is 2.10 bits per heavy atom. The molecule has 31 heavy (non-hydrogen) atoms. The minimum absolute atomic E-state index is 0.112. The molecule has 1 aliphatic rings. The number of aliphatic hydroxyl groups is 1. The van der Waals surface area contributed by atoms with Gasteiger partial charge in [-0.2, -0.15) is 0 Å². The predicted molar refractivity (Wildman–Crippen MR) is 114 cm³/mol. The summed E-state index contributed by atoms with van der Waals surface area (Å²) in [7, 11) is 1.20. The van der Waals surface area contributed by atoms with Crippen LogP contribution in [0.3, 0.4) is 0 Å². The minimum Gasteiger partial charge on any atom is -0.466 e. The number of para-hydroxylation sites is 1. The van der Waals surface area contributed by atoms with Gasteiger partial charge in [-0.05, 0) is 30.9 Å². The number of fused-ring (bicyclic) bond motifs is 1. The lowest BCUT2D eigenvalue weighted by atomic mass is 9.70. The maximum absolute atomic E-state index is 13.5. The van der Waals surface area contributed by atoms with Crippen LogP contribution in [-0.4, -0.2) is 65.2 Å². The number of nitrogens with one attached hydrogen (secondary N) is 1. The lowest BCUT2D eigenvalue weighted by molar-refractivity contribution is -0.176. The first-order valence-corrected chi connectivity index (χ1v) is 10.6. The summed E-state index contributed by atoms with van der Waals surface area (Å²) >= 11 is 0. The van der Waals surface area contributed by atoms with E-state index in [1.165, 1.54) is 14.0 Å². The van der Waals surface area contributed by atoms with E-state index in [9.17, 15) is 19.5 Å². The van der Waals surface area contributed by atoms with Crippen LogP contribution in [0.15, 0.2) is 30.5 Å². The number of ether oxygens (including phenoxy) is 2. The summed E-state index contributed by atoms with van der Waals surface area (Å²) in [6.07, 6.45) is 1.03. The molecule has 0 radical (unpaired) electrons. The molecule has 1 saturated heterocycles. The van der Waals surface area contributed by atoms with Crippen LogP contribution in [0.2, 0.25) is 0 Å². The highest BCUT2D eigenvalue weighted by Gasteiger charge is 2.51. The Bertz CT molecular complexity index is 954. The highest BCUT2D eigenvalue weighted by atomic mass is 16.6.